The first-order valence-electron chi connectivity index (χ1n) is 13.2. The minimum atomic E-state index is -2.65. The zero-order chi connectivity index (χ0) is 28.3. The second-order valence-corrected chi connectivity index (χ2v) is 11.4. The lowest BCUT2D eigenvalue weighted by atomic mass is 9.54. The molecular formula is C28H39N3O7. The molecule has 2 unspecified atom stereocenters. The molecule has 1 amide bonds. The highest BCUT2D eigenvalue weighted by Gasteiger charge is 2.67. The Kier molecular flexibility index (Phi) is 7.37. The van der Waals surface area contributed by atoms with Gasteiger partial charge in [0.1, 0.15) is 17.4 Å². The number of anilines is 1. The van der Waals surface area contributed by atoms with Crippen molar-refractivity contribution in [2.75, 3.05) is 33.1 Å². The molecule has 6 N–H and O–H groups in total. The highest BCUT2D eigenvalue weighted by atomic mass is 16.3. The standard InChI is InChI=1S/C28H39N3O7/c1-6-7-8-9-13-12-17(30(2)3)15-10-14-11-16-21(31(4)5)24(34)20(27(29)37)26(36)28(16,38)25(35)18(14)23(33)19(15)22(13)32/h12,14,16,20-21,24,32-34,38H,6-11H2,1-5H3,(H2,29,37)/t14-,16-,20?,21-,24?,28-/m1/s1. The third kappa shape index (κ3) is 4.01. The first-order chi connectivity index (χ1) is 17.8. The van der Waals surface area contributed by atoms with E-state index < -0.39 is 58.7 Å². The number of aliphatic hydroxyl groups excluding tert-OH is 2. The van der Waals surface area contributed by atoms with Crippen molar-refractivity contribution in [1.29, 1.82) is 0 Å². The van der Waals surface area contributed by atoms with Gasteiger partial charge < -0.3 is 36.0 Å². The van der Waals surface area contributed by atoms with E-state index in [0.717, 1.165) is 24.9 Å². The summed E-state index contributed by atoms with van der Waals surface area (Å²) in [7, 11) is 7.00. The molecule has 208 valence electrons. The summed E-state index contributed by atoms with van der Waals surface area (Å²) in [6.07, 6.45) is 2.28. The predicted octanol–water partition coefficient (Wildman–Crippen LogP) is 0.928. The van der Waals surface area contributed by atoms with E-state index >= 15 is 0 Å². The fraction of sp³-hybridized carbons (Fsp3) is 0.607. The van der Waals surface area contributed by atoms with Gasteiger partial charge in [0.15, 0.2) is 11.4 Å². The zero-order valence-electron chi connectivity index (χ0n) is 22.7. The smallest absolute Gasteiger partial charge is 0.230 e. The quantitative estimate of drug-likeness (QED) is 0.255. The molecule has 0 aliphatic heterocycles. The molecule has 6 atom stereocenters. The first kappa shape index (κ1) is 28.1. The molecule has 2 saturated carbocycles. The molecule has 0 bridgehead atoms. The second kappa shape index (κ2) is 9.98. The highest BCUT2D eigenvalue weighted by molar-refractivity contribution is 6.25. The average molecular weight is 530 g/mol. The molecule has 3 aliphatic carbocycles. The normalized spacial score (nSPS) is 30.7. The average Bonchev–Trinajstić information content (AvgIpc) is 2.82. The molecule has 38 heavy (non-hydrogen) atoms. The van der Waals surface area contributed by atoms with Gasteiger partial charge in [-0.1, -0.05) is 19.8 Å². The Hall–Kier alpha value is -2.95. The molecule has 3 aliphatic rings. The number of fused-ring (bicyclic) bond motifs is 3. The molecule has 1 aromatic carbocycles. The Labute approximate surface area is 222 Å². The van der Waals surface area contributed by atoms with Crippen LogP contribution in [0, 0.1) is 17.8 Å². The van der Waals surface area contributed by atoms with Crippen LogP contribution >= 0.6 is 0 Å². The summed E-state index contributed by atoms with van der Waals surface area (Å²) in [5.41, 5.74) is 4.92. The number of phenols is 1. The van der Waals surface area contributed by atoms with E-state index in [9.17, 15) is 34.8 Å². The van der Waals surface area contributed by atoms with Crippen molar-refractivity contribution in [2.45, 2.75) is 63.2 Å². The summed E-state index contributed by atoms with van der Waals surface area (Å²) >= 11 is 0. The van der Waals surface area contributed by atoms with Crippen LogP contribution in [0.4, 0.5) is 5.69 Å². The molecule has 4 rings (SSSR count). The molecule has 0 radical (unpaired) electrons. The minimum absolute atomic E-state index is 0.101. The van der Waals surface area contributed by atoms with Gasteiger partial charge in [-0.05, 0) is 62.9 Å². The number of aliphatic hydroxyl groups is 3. The maximum absolute atomic E-state index is 14.0. The lowest BCUT2D eigenvalue weighted by Crippen LogP contribution is -2.73. The largest absolute Gasteiger partial charge is 0.507 e. The van der Waals surface area contributed by atoms with E-state index in [1.807, 2.05) is 25.1 Å². The summed E-state index contributed by atoms with van der Waals surface area (Å²) < 4.78 is 0. The number of nitrogens with two attached hydrogens (primary N) is 1. The van der Waals surface area contributed by atoms with Crippen molar-refractivity contribution in [2.24, 2.45) is 23.5 Å². The Morgan fingerprint density at radius 1 is 1.16 bits per heavy atom. The van der Waals surface area contributed by atoms with Gasteiger partial charge in [0.25, 0.3) is 0 Å². The van der Waals surface area contributed by atoms with Crippen LogP contribution in [0.2, 0.25) is 0 Å². The van der Waals surface area contributed by atoms with Crippen molar-refractivity contribution >= 4 is 28.9 Å². The van der Waals surface area contributed by atoms with E-state index in [1.54, 1.807) is 19.0 Å². The molecule has 0 saturated heterocycles. The van der Waals surface area contributed by atoms with Gasteiger partial charge >= 0.3 is 0 Å². The first-order valence-corrected chi connectivity index (χ1v) is 13.2. The van der Waals surface area contributed by atoms with E-state index in [0.29, 0.717) is 17.5 Å². The molecule has 0 aromatic heterocycles. The van der Waals surface area contributed by atoms with E-state index in [1.165, 1.54) is 0 Å². The van der Waals surface area contributed by atoms with Crippen LogP contribution in [0.3, 0.4) is 0 Å². The lowest BCUT2D eigenvalue weighted by molar-refractivity contribution is -0.184. The molecule has 1 aromatic rings. The second-order valence-electron chi connectivity index (χ2n) is 11.4. The van der Waals surface area contributed by atoms with Gasteiger partial charge in [0.05, 0.1) is 11.7 Å². The van der Waals surface area contributed by atoms with Crippen LogP contribution in [0.5, 0.6) is 5.75 Å². The van der Waals surface area contributed by atoms with E-state index in [-0.39, 0.29) is 29.7 Å². The van der Waals surface area contributed by atoms with Crippen LogP contribution in [0.15, 0.2) is 11.6 Å². The third-order valence-electron chi connectivity index (χ3n) is 8.68. The SMILES string of the molecule is CCCCCc1cc(N(C)C)c2c(c1O)C(O)=C1C(=O)[C@@]3(O)C(=O)C(C(N)=O)C(O)[C@H](N(C)C)[C@H]3C[C@H]1C2. The molecule has 10 nitrogen and oxygen atoms in total. The molecular weight excluding hydrogens is 490 g/mol. The number of primary amides is 1. The molecule has 0 spiro atoms. The summed E-state index contributed by atoms with van der Waals surface area (Å²) in [4.78, 5) is 43.1. The number of carbonyl (C=O) groups excluding carboxylic acids is 3. The van der Waals surface area contributed by atoms with Crippen molar-refractivity contribution < 1.29 is 34.8 Å². The number of ketones is 2. The fourth-order valence-electron chi connectivity index (χ4n) is 6.86. The van der Waals surface area contributed by atoms with Gasteiger partial charge in [0, 0.05) is 37.3 Å². The number of hydrogen-bond acceptors (Lipinski definition) is 9. The van der Waals surface area contributed by atoms with Crippen molar-refractivity contribution in [3.8, 4) is 5.75 Å². The van der Waals surface area contributed by atoms with Crippen LogP contribution in [0.1, 0.15) is 49.3 Å². The van der Waals surface area contributed by atoms with Gasteiger partial charge in [-0.25, -0.2) is 0 Å². The van der Waals surface area contributed by atoms with Crippen molar-refractivity contribution in [3.63, 3.8) is 0 Å². The Morgan fingerprint density at radius 3 is 2.37 bits per heavy atom. The van der Waals surface area contributed by atoms with Crippen LogP contribution in [0.25, 0.3) is 5.76 Å². The maximum atomic E-state index is 14.0. The number of aryl methyl sites for hydroxylation is 1. The number of rotatable bonds is 7. The topological polar surface area (TPSA) is 165 Å². The third-order valence-corrected chi connectivity index (χ3v) is 8.68. The number of Topliss-reactive ketones (excluding diaryl/α,β-unsaturated/α-hetero) is 2. The van der Waals surface area contributed by atoms with Crippen LogP contribution < -0.4 is 10.6 Å². The Morgan fingerprint density at radius 2 is 1.82 bits per heavy atom. The number of phenolic OH excluding ortho intramolecular Hbond substituents is 1. The molecule has 0 heterocycles. The Bertz CT molecular complexity index is 1210. The predicted molar refractivity (Wildman–Crippen MR) is 142 cm³/mol. The maximum Gasteiger partial charge on any atom is 0.230 e. The number of aromatic hydroxyl groups is 1. The number of unbranched alkanes of at least 4 members (excludes halogenated alkanes) is 2. The molecule has 10 heteroatoms. The Balaban J connectivity index is 1.91. The number of likely N-dealkylation sites (N-methyl/N-ethyl adjacent to an activating group) is 1. The van der Waals surface area contributed by atoms with Crippen LogP contribution in [-0.4, -0.2) is 88.7 Å². The fourth-order valence-corrected chi connectivity index (χ4v) is 6.86. The minimum Gasteiger partial charge on any atom is -0.507 e. The van der Waals surface area contributed by atoms with E-state index in [4.69, 9.17) is 5.73 Å². The zero-order valence-corrected chi connectivity index (χ0v) is 22.7. The van der Waals surface area contributed by atoms with Crippen molar-refractivity contribution in [1.82, 2.24) is 4.90 Å². The highest BCUT2D eigenvalue weighted by Crippen LogP contribution is 2.53. The van der Waals surface area contributed by atoms with Gasteiger partial charge in [-0.2, -0.15) is 0 Å². The number of amides is 1. The van der Waals surface area contributed by atoms with Gasteiger partial charge in [-0.15, -0.1) is 0 Å². The summed E-state index contributed by atoms with van der Waals surface area (Å²) in [6, 6.07) is 1.00. The number of hydrogen-bond donors (Lipinski definition) is 5. The summed E-state index contributed by atoms with van der Waals surface area (Å²) in [6.45, 7) is 2.08. The number of benzene rings is 1. The lowest BCUT2D eigenvalue weighted by Gasteiger charge is -2.53. The summed E-state index contributed by atoms with van der Waals surface area (Å²) in [5, 5.41) is 45.5. The number of nitrogens with zero attached hydrogens (tertiary/aromatic N) is 2. The molecule has 2 fully saturated rings. The van der Waals surface area contributed by atoms with Crippen molar-refractivity contribution in [3.05, 3.63) is 28.3 Å². The van der Waals surface area contributed by atoms with Gasteiger partial charge in [-0.3, -0.25) is 14.4 Å². The van der Waals surface area contributed by atoms with Crippen LogP contribution in [-0.2, 0) is 27.2 Å². The monoisotopic (exact) mass is 529 g/mol. The van der Waals surface area contributed by atoms with Gasteiger partial charge in [0.2, 0.25) is 11.7 Å². The number of carbonyl (C=O) groups is 3. The van der Waals surface area contributed by atoms with E-state index in [2.05, 4.69) is 6.92 Å². The summed E-state index contributed by atoms with van der Waals surface area (Å²) in [5.74, 6) is -7.23.